The van der Waals surface area contributed by atoms with Crippen molar-refractivity contribution in [3.63, 3.8) is 0 Å². The third kappa shape index (κ3) is 2.20. The van der Waals surface area contributed by atoms with E-state index >= 15 is 0 Å². The fraction of sp³-hybridized carbons (Fsp3) is 0.857. The summed E-state index contributed by atoms with van der Waals surface area (Å²) in [6.07, 6.45) is 1.25. The molecule has 1 aliphatic rings. The van der Waals surface area contributed by atoms with Crippen LogP contribution in [-0.4, -0.2) is 36.0 Å². The smallest absolute Gasteiger partial charge is 0.0811 e. The molecule has 2 nitrogen and oxygen atoms in total. The van der Waals surface area contributed by atoms with Crippen LogP contribution in [0.1, 0.15) is 6.42 Å². The van der Waals surface area contributed by atoms with Crippen LogP contribution < -0.4 is 0 Å². The molecular formula is C7H12N2S. The maximum Gasteiger partial charge on any atom is 0.0811 e. The summed E-state index contributed by atoms with van der Waals surface area (Å²) in [7, 11) is 2.13. The molecule has 0 aromatic rings. The molecule has 1 fully saturated rings. The summed E-state index contributed by atoms with van der Waals surface area (Å²) in [4.78, 5) is 2.31. The van der Waals surface area contributed by atoms with E-state index < -0.39 is 0 Å². The van der Waals surface area contributed by atoms with Crippen molar-refractivity contribution in [2.45, 2.75) is 11.7 Å². The lowest BCUT2D eigenvalue weighted by molar-refractivity contribution is 0.419. The van der Waals surface area contributed by atoms with Gasteiger partial charge in [-0.05, 0) is 20.0 Å². The average molecular weight is 156 g/mol. The molecule has 0 radical (unpaired) electrons. The molecule has 1 atom stereocenters. The topological polar surface area (TPSA) is 27.0 Å². The summed E-state index contributed by atoms with van der Waals surface area (Å²) in [5.41, 5.74) is 0. The number of nitrogens with zero attached hydrogens (tertiary/aromatic N) is 2. The monoisotopic (exact) mass is 156 g/mol. The van der Waals surface area contributed by atoms with Crippen molar-refractivity contribution < 1.29 is 0 Å². The average Bonchev–Trinajstić information content (AvgIpc) is 2.31. The van der Waals surface area contributed by atoms with Gasteiger partial charge in [0, 0.05) is 11.8 Å². The molecule has 56 valence electrons. The maximum absolute atomic E-state index is 8.31. The van der Waals surface area contributed by atoms with Crippen LogP contribution in [0.4, 0.5) is 0 Å². The molecule has 0 aromatic heterocycles. The fourth-order valence-electron chi connectivity index (χ4n) is 1.19. The van der Waals surface area contributed by atoms with Gasteiger partial charge in [-0.2, -0.15) is 5.26 Å². The lowest BCUT2D eigenvalue weighted by atomic mass is 10.4. The van der Waals surface area contributed by atoms with Crippen LogP contribution in [0.15, 0.2) is 0 Å². The molecule has 1 unspecified atom stereocenters. The van der Waals surface area contributed by atoms with Gasteiger partial charge in [-0.15, -0.1) is 11.8 Å². The normalized spacial score (nSPS) is 26.6. The highest BCUT2D eigenvalue weighted by Crippen LogP contribution is 2.20. The Morgan fingerprint density at radius 1 is 1.80 bits per heavy atom. The highest BCUT2D eigenvalue weighted by atomic mass is 32.2. The second kappa shape index (κ2) is 3.85. The molecule has 10 heavy (non-hydrogen) atoms. The summed E-state index contributed by atoms with van der Waals surface area (Å²) in [6.45, 7) is 2.36. The molecule has 1 heterocycles. The second-order valence-electron chi connectivity index (χ2n) is 2.64. The SMILES string of the molecule is CN1CCC(SCC#N)C1. The van der Waals surface area contributed by atoms with E-state index in [2.05, 4.69) is 18.0 Å². The van der Waals surface area contributed by atoms with E-state index in [1.165, 1.54) is 13.0 Å². The highest BCUT2D eigenvalue weighted by molar-refractivity contribution is 8.00. The standard InChI is InChI=1S/C7H12N2S/c1-9-4-2-7(6-9)10-5-3-8/h7H,2,4-6H2,1H3. The van der Waals surface area contributed by atoms with Crippen LogP contribution in [0.2, 0.25) is 0 Å². The van der Waals surface area contributed by atoms with Gasteiger partial charge in [0.15, 0.2) is 0 Å². The third-order valence-electron chi connectivity index (χ3n) is 1.73. The number of likely N-dealkylation sites (tertiary alicyclic amines) is 1. The lowest BCUT2D eigenvalue weighted by Crippen LogP contribution is -2.14. The van der Waals surface area contributed by atoms with E-state index in [1.807, 2.05) is 0 Å². The van der Waals surface area contributed by atoms with Crippen molar-refractivity contribution in [3.05, 3.63) is 0 Å². The predicted molar refractivity (Wildman–Crippen MR) is 44.0 cm³/mol. The van der Waals surface area contributed by atoms with E-state index in [4.69, 9.17) is 5.26 Å². The van der Waals surface area contributed by atoms with Crippen molar-refractivity contribution in [2.24, 2.45) is 0 Å². The largest absolute Gasteiger partial charge is 0.305 e. The van der Waals surface area contributed by atoms with Gasteiger partial charge in [0.25, 0.3) is 0 Å². The Kier molecular flexibility index (Phi) is 3.04. The maximum atomic E-state index is 8.31. The second-order valence-corrected chi connectivity index (χ2v) is 3.93. The van der Waals surface area contributed by atoms with E-state index in [0.717, 1.165) is 6.54 Å². The molecule has 0 aromatic carbocycles. The van der Waals surface area contributed by atoms with Crippen molar-refractivity contribution in [1.29, 1.82) is 5.26 Å². The zero-order valence-corrected chi connectivity index (χ0v) is 7.02. The molecule has 0 amide bonds. The summed E-state index contributed by atoms with van der Waals surface area (Å²) in [5, 5.41) is 9.02. The summed E-state index contributed by atoms with van der Waals surface area (Å²) < 4.78 is 0. The van der Waals surface area contributed by atoms with Gasteiger partial charge in [0.2, 0.25) is 0 Å². The van der Waals surface area contributed by atoms with E-state index in [-0.39, 0.29) is 0 Å². The van der Waals surface area contributed by atoms with Crippen molar-refractivity contribution in [1.82, 2.24) is 4.90 Å². The van der Waals surface area contributed by atoms with Crippen molar-refractivity contribution in [2.75, 3.05) is 25.9 Å². The predicted octanol–water partition coefficient (Wildman–Crippen LogP) is 0.947. The summed E-state index contributed by atoms with van der Waals surface area (Å²) >= 11 is 1.78. The first-order chi connectivity index (χ1) is 4.83. The minimum atomic E-state index is 0.651. The van der Waals surface area contributed by atoms with Gasteiger partial charge < -0.3 is 4.90 Å². The number of hydrogen-bond donors (Lipinski definition) is 0. The van der Waals surface area contributed by atoms with E-state index in [9.17, 15) is 0 Å². The molecule has 0 bridgehead atoms. The molecule has 3 heteroatoms. The van der Waals surface area contributed by atoms with Crippen LogP contribution in [-0.2, 0) is 0 Å². The van der Waals surface area contributed by atoms with Gasteiger partial charge >= 0.3 is 0 Å². The Labute approximate surface area is 66.2 Å². The molecule has 0 spiro atoms. The van der Waals surface area contributed by atoms with E-state index in [1.54, 1.807) is 11.8 Å². The zero-order valence-electron chi connectivity index (χ0n) is 6.21. The minimum absolute atomic E-state index is 0.651. The van der Waals surface area contributed by atoms with E-state index in [0.29, 0.717) is 11.0 Å². The fourth-order valence-corrected chi connectivity index (χ4v) is 2.13. The first kappa shape index (κ1) is 7.90. The van der Waals surface area contributed by atoms with Crippen molar-refractivity contribution >= 4 is 11.8 Å². The first-order valence-corrected chi connectivity index (χ1v) is 4.55. The summed E-state index contributed by atoms with van der Waals surface area (Å²) in [6, 6.07) is 2.15. The lowest BCUT2D eigenvalue weighted by Gasteiger charge is -2.06. The number of rotatable bonds is 2. The summed E-state index contributed by atoms with van der Waals surface area (Å²) in [5.74, 6) is 0.651. The Bertz CT molecular complexity index is 141. The van der Waals surface area contributed by atoms with Crippen LogP contribution in [0, 0.1) is 11.3 Å². The van der Waals surface area contributed by atoms with Gasteiger partial charge in [0.05, 0.1) is 11.8 Å². The minimum Gasteiger partial charge on any atom is -0.305 e. The van der Waals surface area contributed by atoms with Crippen LogP contribution >= 0.6 is 11.8 Å². The molecular weight excluding hydrogens is 144 g/mol. The van der Waals surface area contributed by atoms with Gasteiger partial charge in [-0.1, -0.05) is 0 Å². The van der Waals surface area contributed by atoms with Crippen LogP contribution in [0.3, 0.4) is 0 Å². The Balaban J connectivity index is 2.14. The highest BCUT2D eigenvalue weighted by Gasteiger charge is 2.18. The van der Waals surface area contributed by atoms with Crippen LogP contribution in [0.25, 0.3) is 0 Å². The number of nitriles is 1. The number of hydrogen-bond acceptors (Lipinski definition) is 3. The quantitative estimate of drug-likeness (QED) is 0.595. The third-order valence-corrected chi connectivity index (χ3v) is 2.88. The van der Waals surface area contributed by atoms with Gasteiger partial charge in [-0.25, -0.2) is 0 Å². The Morgan fingerprint density at radius 2 is 2.60 bits per heavy atom. The molecule has 1 rings (SSSR count). The molecule has 0 saturated carbocycles. The number of thioether (sulfide) groups is 1. The zero-order chi connectivity index (χ0) is 7.40. The van der Waals surface area contributed by atoms with Gasteiger partial charge in [0.1, 0.15) is 0 Å². The Hall–Kier alpha value is -0.200. The molecule has 0 aliphatic carbocycles. The van der Waals surface area contributed by atoms with Crippen molar-refractivity contribution in [3.8, 4) is 6.07 Å². The molecule has 1 saturated heterocycles. The molecule has 0 N–H and O–H groups in total. The van der Waals surface area contributed by atoms with Crippen LogP contribution in [0.5, 0.6) is 0 Å². The Morgan fingerprint density at radius 3 is 3.10 bits per heavy atom. The molecule has 1 aliphatic heterocycles. The van der Waals surface area contributed by atoms with Gasteiger partial charge in [-0.3, -0.25) is 0 Å². The first-order valence-electron chi connectivity index (χ1n) is 3.50.